The van der Waals surface area contributed by atoms with Gasteiger partial charge in [0.2, 0.25) is 5.91 Å². The van der Waals surface area contributed by atoms with Gasteiger partial charge in [0, 0.05) is 25.8 Å². The first-order chi connectivity index (χ1) is 23.3. The molecule has 0 unspecified atom stereocenters. The number of ketones is 1. The maximum absolute atomic E-state index is 12.2. The molecule has 3 saturated heterocycles. The van der Waals surface area contributed by atoms with Crippen molar-refractivity contribution in [2.45, 2.75) is 144 Å². The minimum Gasteiger partial charge on any atom is -0.394 e. The Labute approximate surface area is 283 Å². The van der Waals surface area contributed by atoms with Crippen LogP contribution in [0.5, 0.6) is 0 Å². The molecule has 1 amide bonds. The molecule has 19 heteroatoms. The highest BCUT2D eigenvalue weighted by molar-refractivity contribution is 5.78. The largest absolute Gasteiger partial charge is 0.394 e. The average Bonchev–Trinajstić information content (AvgIpc) is 3.08. The zero-order valence-electron chi connectivity index (χ0n) is 27.4. The van der Waals surface area contributed by atoms with Crippen LogP contribution in [0.15, 0.2) is 0 Å². The molecule has 3 fully saturated rings. The SMILES string of the molecule is CCCC(=O)CCCCC(=O)NCCCO[C@@H]1O[C@H](CO[C@H]2O[C@H](CO)[C@@H](O)[C@H](O)[C@@H]2O)[C@@H](O)[C@H](O)[C@@H]1O[C@H]1O[C@H](CO)[C@@H](O)[C@H](O)[C@@H]1O. The van der Waals surface area contributed by atoms with E-state index in [1.165, 1.54) is 0 Å². The summed E-state index contributed by atoms with van der Waals surface area (Å²) in [6.45, 7) is -0.0131. The van der Waals surface area contributed by atoms with Gasteiger partial charge in [-0.1, -0.05) is 6.92 Å². The summed E-state index contributed by atoms with van der Waals surface area (Å²) in [7, 11) is 0. The Morgan fingerprint density at radius 2 is 1.16 bits per heavy atom. The third kappa shape index (κ3) is 11.5. The fraction of sp³-hybridized carbons (Fsp3) is 0.933. The molecule has 0 spiro atoms. The van der Waals surface area contributed by atoms with Crippen molar-refractivity contribution in [3.63, 3.8) is 0 Å². The van der Waals surface area contributed by atoms with Gasteiger partial charge >= 0.3 is 0 Å². The highest BCUT2D eigenvalue weighted by Crippen LogP contribution is 2.31. The molecular formula is C30H53NO18. The van der Waals surface area contributed by atoms with Crippen molar-refractivity contribution < 1.29 is 89.1 Å². The van der Waals surface area contributed by atoms with Crippen LogP contribution in [0.3, 0.4) is 0 Å². The van der Waals surface area contributed by atoms with Crippen LogP contribution in [-0.2, 0) is 38.0 Å². The first-order valence-electron chi connectivity index (χ1n) is 16.6. The van der Waals surface area contributed by atoms with Crippen LogP contribution in [0.1, 0.15) is 51.9 Å². The molecule has 0 aliphatic carbocycles. The van der Waals surface area contributed by atoms with Crippen LogP contribution in [0, 0.1) is 0 Å². The molecule has 0 bridgehead atoms. The lowest BCUT2D eigenvalue weighted by Gasteiger charge is -2.46. The number of carbonyl (C=O) groups excluding carboxylic acids is 2. The maximum Gasteiger partial charge on any atom is 0.219 e. The second kappa shape index (κ2) is 20.5. The Hall–Kier alpha value is -1.50. The molecule has 286 valence electrons. The fourth-order valence-corrected chi connectivity index (χ4v) is 5.65. The number of ether oxygens (including phenoxy) is 6. The van der Waals surface area contributed by atoms with Gasteiger partial charge in [-0.05, 0) is 25.7 Å². The molecule has 49 heavy (non-hydrogen) atoms. The van der Waals surface area contributed by atoms with Crippen LogP contribution in [-0.4, -0.2) is 188 Å². The number of hydrogen-bond acceptors (Lipinski definition) is 18. The second-order valence-electron chi connectivity index (χ2n) is 12.4. The predicted molar refractivity (Wildman–Crippen MR) is 161 cm³/mol. The van der Waals surface area contributed by atoms with Gasteiger partial charge in [-0.2, -0.15) is 0 Å². The second-order valence-corrected chi connectivity index (χ2v) is 12.4. The molecular weight excluding hydrogens is 662 g/mol. The zero-order chi connectivity index (χ0) is 36.2. The predicted octanol–water partition coefficient (Wildman–Crippen LogP) is -5.11. The van der Waals surface area contributed by atoms with Crippen molar-refractivity contribution in [1.82, 2.24) is 5.32 Å². The Morgan fingerprint density at radius 1 is 0.612 bits per heavy atom. The zero-order valence-corrected chi connectivity index (χ0v) is 27.4. The van der Waals surface area contributed by atoms with E-state index in [1.807, 2.05) is 6.92 Å². The van der Waals surface area contributed by atoms with E-state index in [0.717, 1.165) is 6.42 Å². The third-order valence-corrected chi connectivity index (χ3v) is 8.62. The summed E-state index contributed by atoms with van der Waals surface area (Å²) >= 11 is 0. The standard InChI is InChI=1S/C30H53NO18/c1-2-6-14(34)7-3-4-8-18(35)31-9-5-10-44-30-27(49-29-26(43)23(40)20(37)16(12-33)47-29)24(41)21(38)17(48-30)13-45-28-25(42)22(39)19(36)15(11-32)46-28/h15-17,19-30,32-33,36-43H,2-13H2,1H3,(H,31,35)/t15-,16-,17-,19-,20-,21-,22+,23+,24+,25+,26+,27+,28+,29-,30-/m1/s1. The molecule has 0 aromatic carbocycles. The Bertz CT molecular complexity index is 989. The highest BCUT2D eigenvalue weighted by atomic mass is 16.8. The normalized spacial score (nSPS) is 39.9. The minimum absolute atomic E-state index is 0.0892. The third-order valence-electron chi connectivity index (χ3n) is 8.62. The first kappa shape index (κ1) is 41.9. The minimum atomic E-state index is -1.85. The van der Waals surface area contributed by atoms with Crippen LogP contribution in [0.4, 0.5) is 0 Å². The topological polar surface area (TPSA) is 304 Å². The van der Waals surface area contributed by atoms with Crippen molar-refractivity contribution in [2.75, 3.05) is 33.0 Å². The maximum atomic E-state index is 12.2. The summed E-state index contributed by atoms with van der Waals surface area (Å²) in [5, 5.41) is 105. The number of aliphatic hydroxyl groups excluding tert-OH is 10. The van der Waals surface area contributed by atoms with Gasteiger partial charge in [-0.25, -0.2) is 0 Å². The monoisotopic (exact) mass is 715 g/mol. The van der Waals surface area contributed by atoms with E-state index in [2.05, 4.69) is 5.32 Å². The number of carbonyl (C=O) groups is 2. The number of Topliss-reactive ketones (excluding diaryl/α,β-unsaturated/α-hetero) is 1. The van der Waals surface area contributed by atoms with E-state index in [0.29, 0.717) is 25.7 Å². The summed E-state index contributed by atoms with van der Waals surface area (Å²) in [5.41, 5.74) is 0. The number of unbranched alkanes of at least 4 members (excludes halogenated alkanes) is 1. The molecule has 15 atom stereocenters. The number of rotatable bonds is 19. The molecule has 3 aliphatic rings. The van der Waals surface area contributed by atoms with Crippen molar-refractivity contribution in [1.29, 1.82) is 0 Å². The van der Waals surface area contributed by atoms with Gasteiger partial charge in [0.1, 0.15) is 79.0 Å². The van der Waals surface area contributed by atoms with Crippen molar-refractivity contribution >= 4 is 11.7 Å². The average molecular weight is 716 g/mol. The molecule has 0 aromatic rings. The van der Waals surface area contributed by atoms with Crippen molar-refractivity contribution in [3.05, 3.63) is 0 Å². The smallest absolute Gasteiger partial charge is 0.219 e. The van der Waals surface area contributed by atoms with Gasteiger partial charge in [-0.15, -0.1) is 0 Å². The van der Waals surface area contributed by atoms with Gasteiger partial charge in [0.25, 0.3) is 0 Å². The van der Waals surface area contributed by atoms with Gasteiger partial charge in [0.15, 0.2) is 18.9 Å². The Morgan fingerprint density at radius 3 is 1.78 bits per heavy atom. The van der Waals surface area contributed by atoms with Crippen LogP contribution in [0.2, 0.25) is 0 Å². The number of nitrogens with one attached hydrogen (secondary N) is 1. The van der Waals surface area contributed by atoms with E-state index in [9.17, 15) is 60.7 Å². The van der Waals surface area contributed by atoms with Crippen LogP contribution >= 0.6 is 0 Å². The summed E-state index contributed by atoms with van der Waals surface area (Å²) in [4.78, 5) is 23.8. The van der Waals surface area contributed by atoms with E-state index >= 15 is 0 Å². The Kier molecular flexibility index (Phi) is 17.6. The van der Waals surface area contributed by atoms with E-state index in [4.69, 9.17) is 28.4 Å². The molecule has 11 N–H and O–H groups in total. The summed E-state index contributed by atoms with van der Waals surface area (Å²) in [6.07, 6.45) is -21.1. The molecule has 3 aliphatic heterocycles. The number of hydrogen-bond donors (Lipinski definition) is 11. The lowest BCUT2D eigenvalue weighted by atomic mass is 9.97. The van der Waals surface area contributed by atoms with Gasteiger partial charge < -0.3 is 84.8 Å². The van der Waals surface area contributed by atoms with Crippen LogP contribution < -0.4 is 5.32 Å². The van der Waals surface area contributed by atoms with Gasteiger partial charge in [-0.3, -0.25) is 9.59 Å². The van der Waals surface area contributed by atoms with E-state index in [-0.39, 0.29) is 37.7 Å². The molecule has 0 saturated carbocycles. The summed E-state index contributed by atoms with van der Waals surface area (Å²) in [5.74, 6) is -0.0521. The molecule has 3 heterocycles. The molecule has 0 radical (unpaired) electrons. The van der Waals surface area contributed by atoms with E-state index < -0.39 is 112 Å². The quantitative estimate of drug-likeness (QED) is 0.0557. The highest BCUT2D eigenvalue weighted by Gasteiger charge is 2.52. The number of aliphatic hydroxyl groups is 10. The molecule has 0 aromatic heterocycles. The lowest BCUT2D eigenvalue weighted by Crippen LogP contribution is -2.65. The summed E-state index contributed by atoms with van der Waals surface area (Å²) < 4.78 is 33.4. The molecule has 19 nitrogen and oxygen atoms in total. The summed E-state index contributed by atoms with van der Waals surface area (Å²) in [6, 6.07) is 0. The Balaban J connectivity index is 1.60. The lowest BCUT2D eigenvalue weighted by molar-refractivity contribution is -0.372. The van der Waals surface area contributed by atoms with Crippen molar-refractivity contribution in [2.24, 2.45) is 0 Å². The van der Waals surface area contributed by atoms with Crippen molar-refractivity contribution in [3.8, 4) is 0 Å². The first-order valence-corrected chi connectivity index (χ1v) is 16.6. The molecule has 3 rings (SSSR count). The van der Waals surface area contributed by atoms with Gasteiger partial charge in [0.05, 0.1) is 26.4 Å². The van der Waals surface area contributed by atoms with Crippen LogP contribution in [0.25, 0.3) is 0 Å². The van der Waals surface area contributed by atoms with E-state index in [1.54, 1.807) is 0 Å². The fourth-order valence-electron chi connectivity index (χ4n) is 5.65. The number of amides is 1.